The molecule has 9 heteroatoms. The summed E-state index contributed by atoms with van der Waals surface area (Å²) in [6.45, 7) is 5.04. The maximum Gasteiger partial charge on any atom is 0.198 e. The van der Waals surface area contributed by atoms with Crippen LogP contribution in [0.15, 0.2) is 34.6 Å². The highest BCUT2D eigenvalue weighted by Gasteiger charge is 2.28. The average molecular weight is 461 g/mol. The Hall–Kier alpha value is -1.68. The zero-order valence-corrected chi connectivity index (χ0v) is 19.3. The summed E-state index contributed by atoms with van der Waals surface area (Å²) in [6, 6.07) is 6.58. The number of hydrogen-bond donors (Lipinski definition) is 0. The van der Waals surface area contributed by atoms with Crippen molar-refractivity contribution in [3.63, 3.8) is 0 Å². The van der Waals surface area contributed by atoms with Crippen LogP contribution in [0.3, 0.4) is 0 Å². The van der Waals surface area contributed by atoms with Crippen molar-refractivity contribution >= 4 is 50.7 Å². The van der Waals surface area contributed by atoms with Crippen LogP contribution < -0.4 is 0 Å². The molecule has 0 amide bonds. The van der Waals surface area contributed by atoms with Crippen LogP contribution in [0.1, 0.15) is 29.9 Å². The van der Waals surface area contributed by atoms with Gasteiger partial charge in [0, 0.05) is 17.1 Å². The summed E-state index contributed by atoms with van der Waals surface area (Å²) in [5.74, 6) is 0.930. The first-order valence-corrected chi connectivity index (χ1v) is 12.8. The zero-order valence-electron chi connectivity index (χ0n) is 16.9. The van der Waals surface area contributed by atoms with E-state index < -0.39 is 0 Å². The second-order valence-corrected chi connectivity index (χ2v) is 10.4. The van der Waals surface area contributed by atoms with Crippen LogP contribution in [0.25, 0.3) is 15.9 Å². The SMILES string of the molecule is CSc1nc2sc3c(c2c2nnc(SCc4ccc(F)cc4)n12)C[C@@H](C(C)C)OC3. The number of fused-ring (bicyclic) bond motifs is 5. The summed E-state index contributed by atoms with van der Waals surface area (Å²) < 4.78 is 21.3. The predicted molar refractivity (Wildman–Crippen MR) is 121 cm³/mol. The van der Waals surface area contributed by atoms with Gasteiger partial charge in [-0.2, -0.15) is 0 Å². The van der Waals surface area contributed by atoms with Gasteiger partial charge in [-0.15, -0.1) is 21.5 Å². The lowest BCUT2D eigenvalue weighted by molar-refractivity contribution is 0.00203. The average Bonchev–Trinajstić information content (AvgIpc) is 3.33. The Kier molecular flexibility index (Phi) is 5.47. The molecule has 0 fully saturated rings. The van der Waals surface area contributed by atoms with Crippen molar-refractivity contribution in [1.29, 1.82) is 0 Å². The molecule has 156 valence electrons. The molecule has 0 radical (unpaired) electrons. The number of ether oxygens (including phenoxy) is 1. The van der Waals surface area contributed by atoms with E-state index in [1.807, 2.05) is 6.26 Å². The van der Waals surface area contributed by atoms with E-state index in [9.17, 15) is 4.39 Å². The van der Waals surface area contributed by atoms with E-state index in [2.05, 4.69) is 28.4 Å². The van der Waals surface area contributed by atoms with Crippen LogP contribution >= 0.6 is 34.9 Å². The van der Waals surface area contributed by atoms with Crippen molar-refractivity contribution < 1.29 is 9.13 Å². The molecule has 0 aliphatic carbocycles. The van der Waals surface area contributed by atoms with E-state index in [4.69, 9.17) is 9.72 Å². The molecular weight excluding hydrogens is 439 g/mol. The molecule has 5 nitrogen and oxygen atoms in total. The second kappa shape index (κ2) is 8.11. The molecular formula is C21H21FN4OS3. The summed E-state index contributed by atoms with van der Waals surface area (Å²) in [5.41, 5.74) is 3.23. The number of nitrogens with zero attached hydrogens (tertiary/aromatic N) is 4. The maximum atomic E-state index is 13.2. The normalized spacial score (nSPS) is 16.6. The fourth-order valence-electron chi connectivity index (χ4n) is 3.71. The van der Waals surface area contributed by atoms with Crippen LogP contribution in [-0.2, 0) is 23.5 Å². The molecule has 0 N–H and O–H groups in total. The van der Waals surface area contributed by atoms with Crippen molar-refractivity contribution in [2.75, 3.05) is 6.26 Å². The fourth-order valence-corrected chi connectivity index (χ4v) is 6.37. The highest BCUT2D eigenvalue weighted by atomic mass is 32.2. The number of rotatable bonds is 5. The number of halogens is 1. The first-order valence-electron chi connectivity index (χ1n) is 9.77. The summed E-state index contributed by atoms with van der Waals surface area (Å²) in [7, 11) is 0. The van der Waals surface area contributed by atoms with Gasteiger partial charge in [0.2, 0.25) is 0 Å². The molecule has 1 aliphatic heterocycles. The molecule has 30 heavy (non-hydrogen) atoms. The maximum absolute atomic E-state index is 13.2. The number of thiophene rings is 1. The monoisotopic (exact) mass is 460 g/mol. The molecule has 0 spiro atoms. The topological polar surface area (TPSA) is 52.3 Å². The third kappa shape index (κ3) is 3.51. The summed E-state index contributed by atoms with van der Waals surface area (Å²) in [4.78, 5) is 7.20. The lowest BCUT2D eigenvalue weighted by Gasteiger charge is -2.26. The molecule has 1 atom stereocenters. The van der Waals surface area contributed by atoms with Crippen molar-refractivity contribution in [2.24, 2.45) is 5.92 Å². The minimum absolute atomic E-state index is 0.214. The summed E-state index contributed by atoms with van der Waals surface area (Å²) >= 11 is 4.89. The van der Waals surface area contributed by atoms with Gasteiger partial charge in [0.1, 0.15) is 10.6 Å². The minimum atomic E-state index is -0.223. The Morgan fingerprint density at radius 1 is 1.23 bits per heavy atom. The zero-order chi connectivity index (χ0) is 20.8. The van der Waals surface area contributed by atoms with Crippen LogP contribution in [0, 0.1) is 11.7 Å². The number of hydrogen-bond acceptors (Lipinski definition) is 7. The smallest absolute Gasteiger partial charge is 0.198 e. The molecule has 1 aromatic carbocycles. The quantitative estimate of drug-likeness (QED) is 0.286. The van der Waals surface area contributed by atoms with Gasteiger partial charge < -0.3 is 4.74 Å². The van der Waals surface area contributed by atoms with E-state index in [0.717, 1.165) is 38.2 Å². The third-order valence-electron chi connectivity index (χ3n) is 5.36. The Balaban J connectivity index is 1.58. The minimum Gasteiger partial charge on any atom is -0.372 e. The highest BCUT2D eigenvalue weighted by Crippen LogP contribution is 2.40. The van der Waals surface area contributed by atoms with E-state index in [1.54, 1.807) is 47.0 Å². The van der Waals surface area contributed by atoms with Crippen LogP contribution in [-0.4, -0.2) is 31.9 Å². The lowest BCUT2D eigenvalue weighted by atomic mass is 9.96. The van der Waals surface area contributed by atoms with Crippen LogP contribution in [0.4, 0.5) is 4.39 Å². The van der Waals surface area contributed by atoms with Gasteiger partial charge in [-0.25, -0.2) is 13.8 Å². The van der Waals surface area contributed by atoms with E-state index in [1.165, 1.54) is 22.6 Å². The lowest BCUT2D eigenvalue weighted by Crippen LogP contribution is -2.26. The molecule has 1 aliphatic rings. The molecule has 5 rings (SSSR count). The molecule has 0 unspecified atom stereocenters. The van der Waals surface area contributed by atoms with Gasteiger partial charge in [-0.1, -0.05) is 49.5 Å². The van der Waals surface area contributed by atoms with E-state index in [0.29, 0.717) is 18.3 Å². The number of thioether (sulfide) groups is 2. The second-order valence-electron chi connectivity index (χ2n) is 7.64. The Morgan fingerprint density at radius 2 is 2.03 bits per heavy atom. The highest BCUT2D eigenvalue weighted by molar-refractivity contribution is 7.99. The Morgan fingerprint density at radius 3 is 2.77 bits per heavy atom. The molecule has 4 heterocycles. The molecule has 4 aromatic rings. The molecule has 3 aromatic heterocycles. The van der Waals surface area contributed by atoms with Crippen LogP contribution in [0.5, 0.6) is 0 Å². The van der Waals surface area contributed by atoms with Crippen molar-refractivity contribution in [1.82, 2.24) is 19.6 Å². The largest absolute Gasteiger partial charge is 0.372 e. The van der Waals surface area contributed by atoms with E-state index in [-0.39, 0.29) is 11.9 Å². The summed E-state index contributed by atoms with van der Waals surface area (Å²) in [6.07, 6.45) is 3.12. The molecule has 0 saturated carbocycles. The van der Waals surface area contributed by atoms with Crippen molar-refractivity contribution in [3.8, 4) is 0 Å². The van der Waals surface area contributed by atoms with Gasteiger partial charge in [-0.05, 0) is 35.4 Å². The third-order valence-corrected chi connectivity index (χ3v) is 8.10. The van der Waals surface area contributed by atoms with Gasteiger partial charge in [-0.3, -0.25) is 0 Å². The van der Waals surface area contributed by atoms with E-state index >= 15 is 0 Å². The van der Waals surface area contributed by atoms with Crippen molar-refractivity contribution in [3.05, 3.63) is 46.1 Å². The fraction of sp³-hybridized carbons (Fsp3) is 0.381. The van der Waals surface area contributed by atoms with Gasteiger partial charge >= 0.3 is 0 Å². The predicted octanol–water partition coefficient (Wildman–Crippen LogP) is 5.59. The Bertz CT molecular complexity index is 1220. The summed E-state index contributed by atoms with van der Waals surface area (Å²) in [5, 5.41) is 11.9. The van der Waals surface area contributed by atoms with Gasteiger partial charge in [0.15, 0.2) is 16.0 Å². The van der Waals surface area contributed by atoms with Crippen LogP contribution in [0.2, 0.25) is 0 Å². The Labute approximate surface area is 186 Å². The van der Waals surface area contributed by atoms with Gasteiger partial charge in [0.25, 0.3) is 0 Å². The number of benzene rings is 1. The molecule has 0 bridgehead atoms. The van der Waals surface area contributed by atoms with Gasteiger partial charge in [0.05, 0.1) is 18.1 Å². The molecule has 0 saturated heterocycles. The first kappa shape index (κ1) is 20.2. The standard InChI is InChI=1S/C21H21FN4OS3/c1-11(2)15-8-14-16(9-27-15)30-19-17(14)18-24-25-21(26(18)20(23-19)28-3)29-10-12-4-6-13(22)7-5-12/h4-7,11,15H,8-10H2,1-3H3/t15-/m0/s1. The van der Waals surface area contributed by atoms with Crippen molar-refractivity contribution in [2.45, 2.75) is 49.0 Å². The number of aromatic nitrogens is 4. The first-order chi connectivity index (χ1) is 14.5.